The van der Waals surface area contributed by atoms with Crippen LogP contribution in [0.1, 0.15) is 10.9 Å². The summed E-state index contributed by atoms with van der Waals surface area (Å²) in [6, 6.07) is 14.6. The van der Waals surface area contributed by atoms with Crippen LogP contribution in [0.4, 0.5) is 5.82 Å². The molecule has 1 aromatic heterocycles. The van der Waals surface area contributed by atoms with Crippen LogP contribution in [0.15, 0.2) is 53.4 Å². The Morgan fingerprint density at radius 1 is 1.14 bits per heavy atom. The molecule has 0 spiro atoms. The van der Waals surface area contributed by atoms with Gasteiger partial charge in [0.25, 0.3) is 0 Å². The molecule has 0 saturated heterocycles. The van der Waals surface area contributed by atoms with E-state index < -0.39 is 15.1 Å². The maximum atomic E-state index is 13.1. The van der Waals surface area contributed by atoms with Crippen molar-refractivity contribution in [1.82, 2.24) is 9.97 Å². The van der Waals surface area contributed by atoms with Crippen molar-refractivity contribution in [2.24, 2.45) is 0 Å². The summed E-state index contributed by atoms with van der Waals surface area (Å²) in [5, 5.41) is 11.6. The number of fused-ring (bicyclic) bond motifs is 1. The number of benzene rings is 2. The molecule has 2 aromatic carbocycles. The third-order valence-electron chi connectivity index (χ3n) is 4.01. The number of rotatable bonds is 7. The first-order chi connectivity index (χ1) is 13.5. The summed E-state index contributed by atoms with van der Waals surface area (Å²) < 4.78 is 31.2. The minimum atomic E-state index is -4.04. The molecule has 0 unspecified atom stereocenters. The van der Waals surface area contributed by atoms with Crippen LogP contribution < -0.4 is 5.32 Å². The molecule has 1 N–H and O–H groups in total. The molecule has 3 aromatic rings. The predicted octanol–water partition coefficient (Wildman–Crippen LogP) is 3.38. The van der Waals surface area contributed by atoms with Gasteiger partial charge in [0, 0.05) is 18.7 Å². The fourth-order valence-electron chi connectivity index (χ4n) is 2.64. The molecular weight excluding hydrogens is 400 g/mol. The van der Waals surface area contributed by atoms with Gasteiger partial charge in [0.2, 0.25) is 9.84 Å². The Labute approximate surface area is 167 Å². The third kappa shape index (κ3) is 4.07. The lowest BCUT2D eigenvalue weighted by Crippen LogP contribution is -2.18. The summed E-state index contributed by atoms with van der Waals surface area (Å²) in [7, 11) is -2.48. The fourth-order valence-corrected chi connectivity index (χ4v) is 4.15. The zero-order chi connectivity index (χ0) is 20.1. The van der Waals surface area contributed by atoms with Crippen molar-refractivity contribution in [2.45, 2.75) is 10.1 Å². The molecule has 7 nitrogen and oxygen atoms in total. The Morgan fingerprint density at radius 3 is 2.39 bits per heavy atom. The molecule has 1 heterocycles. The van der Waals surface area contributed by atoms with E-state index in [1.165, 1.54) is 24.3 Å². The van der Waals surface area contributed by atoms with E-state index in [1.54, 1.807) is 25.3 Å². The van der Waals surface area contributed by atoms with E-state index in [2.05, 4.69) is 15.3 Å². The summed E-state index contributed by atoms with van der Waals surface area (Å²) >= 11 is 5.85. The highest BCUT2D eigenvalue weighted by atomic mass is 35.5. The minimum Gasteiger partial charge on any atom is -0.383 e. The van der Waals surface area contributed by atoms with Crippen LogP contribution in [0, 0.1) is 11.3 Å². The Morgan fingerprint density at radius 2 is 1.79 bits per heavy atom. The number of aromatic nitrogens is 2. The van der Waals surface area contributed by atoms with Gasteiger partial charge in [-0.2, -0.15) is 5.26 Å². The average molecular weight is 417 g/mol. The molecular formula is C19H17ClN4O3S. The number of hydrogen-bond donors (Lipinski definition) is 1. The Balaban J connectivity index is 2.13. The van der Waals surface area contributed by atoms with E-state index in [0.717, 1.165) is 0 Å². The lowest BCUT2D eigenvalue weighted by atomic mass is 10.2. The quantitative estimate of drug-likeness (QED) is 0.588. The summed E-state index contributed by atoms with van der Waals surface area (Å²) in [6.45, 7) is 0.769. The van der Waals surface area contributed by atoms with Crippen LogP contribution in [0.25, 0.3) is 11.0 Å². The molecule has 3 rings (SSSR count). The van der Waals surface area contributed by atoms with Gasteiger partial charge in [-0.05, 0) is 36.4 Å². The number of halogens is 1. The number of sulfone groups is 1. The molecule has 0 amide bonds. The molecule has 9 heteroatoms. The third-order valence-corrected chi connectivity index (χ3v) is 6.14. The van der Waals surface area contributed by atoms with Crippen molar-refractivity contribution in [3.8, 4) is 6.07 Å². The van der Waals surface area contributed by atoms with Gasteiger partial charge in [0.1, 0.15) is 5.69 Å². The molecule has 0 fully saturated rings. The van der Waals surface area contributed by atoms with E-state index in [9.17, 15) is 13.7 Å². The van der Waals surface area contributed by atoms with Crippen LogP contribution in [0.5, 0.6) is 0 Å². The SMILES string of the molecule is COCCNc1nc2ccccc2nc1[C@H](C#N)S(=O)(=O)c1ccc(Cl)cc1. The summed E-state index contributed by atoms with van der Waals surface area (Å²) in [4.78, 5) is 8.90. The van der Waals surface area contributed by atoms with Crippen molar-refractivity contribution < 1.29 is 13.2 Å². The average Bonchev–Trinajstić information content (AvgIpc) is 2.69. The minimum absolute atomic E-state index is 0.0127. The molecule has 144 valence electrons. The summed E-state index contributed by atoms with van der Waals surface area (Å²) in [6.07, 6.45) is 0. The van der Waals surface area contributed by atoms with Crippen LogP contribution >= 0.6 is 11.6 Å². The van der Waals surface area contributed by atoms with E-state index in [0.29, 0.717) is 29.2 Å². The normalized spacial score (nSPS) is 12.5. The Bertz CT molecular complexity index is 1130. The highest BCUT2D eigenvalue weighted by Gasteiger charge is 2.33. The molecule has 0 aliphatic rings. The first-order valence-electron chi connectivity index (χ1n) is 8.36. The lowest BCUT2D eigenvalue weighted by Gasteiger charge is -2.16. The number of nitriles is 1. The molecule has 0 bridgehead atoms. The van der Waals surface area contributed by atoms with Crippen molar-refractivity contribution >= 4 is 38.3 Å². The standard InChI is InChI=1S/C19H17ClN4O3S/c1-27-11-10-22-19-18(23-15-4-2-3-5-16(15)24-19)17(12-21)28(25,26)14-8-6-13(20)7-9-14/h2-9,17H,10-11H2,1H3,(H,22,24)/t17-/m0/s1. The van der Waals surface area contributed by atoms with Crippen LogP contribution in [0.3, 0.4) is 0 Å². The van der Waals surface area contributed by atoms with E-state index in [4.69, 9.17) is 16.3 Å². The number of anilines is 1. The second-order valence-corrected chi connectivity index (χ2v) is 8.34. The molecule has 0 saturated carbocycles. The monoisotopic (exact) mass is 416 g/mol. The topological polar surface area (TPSA) is 105 Å². The fraction of sp³-hybridized carbons (Fsp3) is 0.211. The van der Waals surface area contributed by atoms with Gasteiger partial charge < -0.3 is 10.1 Å². The summed E-state index contributed by atoms with van der Waals surface area (Å²) in [5.74, 6) is 0.236. The van der Waals surface area contributed by atoms with Gasteiger partial charge in [-0.3, -0.25) is 0 Å². The van der Waals surface area contributed by atoms with Crippen molar-refractivity contribution in [2.75, 3.05) is 25.6 Å². The second-order valence-electron chi connectivity index (χ2n) is 5.87. The van der Waals surface area contributed by atoms with Gasteiger partial charge >= 0.3 is 0 Å². The largest absolute Gasteiger partial charge is 0.383 e. The van der Waals surface area contributed by atoms with E-state index >= 15 is 0 Å². The number of nitrogens with one attached hydrogen (secondary N) is 1. The van der Waals surface area contributed by atoms with Crippen molar-refractivity contribution in [3.63, 3.8) is 0 Å². The van der Waals surface area contributed by atoms with E-state index in [1.807, 2.05) is 12.1 Å². The number of nitrogens with zero attached hydrogens (tertiary/aromatic N) is 3. The number of para-hydroxylation sites is 2. The number of methoxy groups -OCH3 is 1. The highest BCUT2D eigenvalue weighted by Crippen LogP contribution is 2.32. The zero-order valence-electron chi connectivity index (χ0n) is 15.0. The zero-order valence-corrected chi connectivity index (χ0v) is 16.5. The Kier molecular flexibility index (Phi) is 6.09. The maximum absolute atomic E-state index is 13.1. The maximum Gasteiger partial charge on any atom is 0.200 e. The second kappa shape index (κ2) is 8.52. The molecule has 1 atom stereocenters. The first kappa shape index (κ1) is 20.0. The molecule has 28 heavy (non-hydrogen) atoms. The first-order valence-corrected chi connectivity index (χ1v) is 10.3. The van der Waals surface area contributed by atoms with Gasteiger partial charge in [-0.25, -0.2) is 18.4 Å². The van der Waals surface area contributed by atoms with Crippen LogP contribution in [-0.4, -0.2) is 38.6 Å². The molecule has 0 aliphatic carbocycles. The predicted molar refractivity (Wildman–Crippen MR) is 107 cm³/mol. The highest BCUT2D eigenvalue weighted by molar-refractivity contribution is 7.92. The van der Waals surface area contributed by atoms with Crippen molar-refractivity contribution in [1.29, 1.82) is 5.26 Å². The lowest BCUT2D eigenvalue weighted by molar-refractivity contribution is 0.210. The van der Waals surface area contributed by atoms with Gasteiger partial charge in [0.15, 0.2) is 11.1 Å². The van der Waals surface area contributed by atoms with Gasteiger partial charge in [0.05, 0.1) is 28.6 Å². The van der Waals surface area contributed by atoms with Gasteiger partial charge in [-0.15, -0.1) is 0 Å². The summed E-state index contributed by atoms with van der Waals surface area (Å²) in [5.41, 5.74) is 1.14. The van der Waals surface area contributed by atoms with E-state index in [-0.39, 0.29) is 16.4 Å². The molecule has 0 radical (unpaired) electrons. The Hall–Kier alpha value is -2.73. The van der Waals surface area contributed by atoms with Crippen LogP contribution in [0.2, 0.25) is 5.02 Å². The number of ether oxygens (including phenoxy) is 1. The number of hydrogen-bond acceptors (Lipinski definition) is 7. The smallest absolute Gasteiger partial charge is 0.200 e. The molecule has 0 aliphatic heterocycles. The van der Waals surface area contributed by atoms with Crippen molar-refractivity contribution in [3.05, 3.63) is 59.2 Å². The van der Waals surface area contributed by atoms with Gasteiger partial charge in [-0.1, -0.05) is 23.7 Å². The van der Waals surface area contributed by atoms with Crippen LogP contribution in [-0.2, 0) is 14.6 Å².